The molecular formula is C11H18N2O2. The van der Waals surface area contributed by atoms with Gasteiger partial charge in [-0.3, -0.25) is 4.79 Å². The van der Waals surface area contributed by atoms with E-state index < -0.39 is 5.91 Å². The highest BCUT2D eigenvalue weighted by atomic mass is 16.5. The van der Waals surface area contributed by atoms with Crippen molar-refractivity contribution in [1.82, 2.24) is 5.32 Å². The van der Waals surface area contributed by atoms with Gasteiger partial charge in [-0.05, 0) is 12.8 Å². The Hall–Kier alpha value is -1.34. The number of nitrogens with one attached hydrogen (secondary N) is 1. The molecular weight excluding hydrogens is 192 g/mol. The zero-order valence-electron chi connectivity index (χ0n) is 9.38. The average Bonchev–Trinajstić information content (AvgIpc) is 2.24. The van der Waals surface area contributed by atoms with Gasteiger partial charge in [0.1, 0.15) is 17.9 Å². The summed E-state index contributed by atoms with van der Waals surface area (Å²) in [6.45, 7) is 7.95. The van der Waals surface area contributed by atoms with Crippen molar-refractivity contribution in [3.63, 3.8) is 0 Å². The van der Waals surface area contributed by atoms with Crippen LogP contribution in [-0.4, -0.2) is 18.7 Å². The molecule has 0 bridgehead atoms. The number of rotatable bonds is 7. The molecule has 0 spiro atoms. The van der Waals surface area contributed by atoms with Crippen molar-refractivity contribution in [1.29, 1.82) is 5.26 Å². The van der Waals surface area contributed by atoms with Crippen LogP contribution in [0.25, 0.3) is 0 Å². The molecule has 0 heterocycles. The number of carbonyl (C=O) groups excluding carboxylic acids is 1. The number of hydrogen-bond donors (Lipinski definition) is 1. The van der Waals surface area contributed by atoms with Gasteiger partial charge >= 0.3 is 0 Å². The van der Waals surface area contributed by atoms with Gasteiger partial charge in [0.05, 0.1) is 0 Å². The monoisotopic (exact) mass is 210 g/mol. The van der Waals surface area contributed by atoms with Crippen molar-refractivity contribution < 1.29 is 9.53 Å². The fraction of sp³-hybridized carbons (Fsp3) is 0.636. The number of amides is 1. The van der Waals surface area contributed by atoms with E-state index in [1.807, 2.05) is 13.8 Å². The Balaban J connectivity index is 4.10. The molecule has 1 unspecified atom stereocenters. The summed E-state index contributed by atoms with van der Waals surface area (Å²) in [5.74, 6) is -0.452. The van der Waals surface area contributed by atoms with E-state index in [4.69, 9.17) is 10.00 Å². The Morgan fingerprint density at radius 3 is 2.67 bits per heavy atom. The van der Waals surface area contributed by atoms with Gasteiger partial charge in [0, 0.05) is 6.61 Å². The topological polar surface area (TPSA) is 62.1 Å². The maximum absolute atomic E-state index is 11.3. The van der Waals surface area contributed by atoms with Gasteiger partial charge in [-0.25, -0.2) is 0 Å². The third-order valence-corrected chi connectivity index (χ3v) is 1.78. The van der Waals surface area contributed by atoms with Crippen molar-refractivity contribution in [2.45, 2.75) is 39.3 Å². The first-order valence-electron chi connectivity index (χ1n) is 5.17. The first kappa shape index (κ1) is 13.7. The van der Waals surface area contributed by atoms with E-state index in [0.717, 1.165) is 19.3 Å². The molecule has 0 fully saturated rings. The van der Waals surface area contributed by atoms with Crippen LogP contribution in [0.5, 0.6) is 0 Å². The fourth-order valence-electron chi connectivity index (χ4n) is 1.00. The Morgan fingerprint density at radius 1 is 1.53 bits per heavy atom. The van der Waals surface area contributed by atoms with Crippen molar-refractivity contribution in [2.24, 2.45) is 0 Å². The summed E-state index contributed by atoms with van der Waals surface area (Å²) in [6, 6.07) is 1.71. The second-order valence-electron chi connectivity index (χ2n) is 3.21. The van der Waals surface area contributed by atoms with Gasteiger partial charge < -0.3 is 10.1 Å². The van der Waals surface area contributed by atoms with Gasteiger partial charge in [0.25, 0.3) is 5.91 Å². The predicted octanol–water partition coefficient (Wildman–Crippen LogP) is 1.74. The van der Waals surface area contributed by atoms with Crippen molar-refractivity contribution in [3.05, 3.63) is 12.2 Å². The van der Waals surface area contributed by atoms with E-state index >= 15 is 0 Å². The summed E-state index contributed by atoms with van der Waals surface area (Å²) < 4.78 is 5.41. The molecule has 1 N–H and O–H groups in total. The summed E-state index contributed by atoms with van der Waals surface area (Å²) in [7, 11) is 0. The maximum Gasteiger partial charge on any atom is 0.263 e. The lowest BCUT2D eigenvalue weighted by atomic mass is 10.2. The Morgan fingerprint density at radius 2 is 2.20 bits per heavy atom. The zero-order chi connectivity index (χ0) is 11.7. The highest BCUT2D eigenvalue weighted by Gasteiger charge is 2.13. The highest BCUT2D eigenvalue weighted by molar-refractivity contribution is 5.96. The summed E-state index contributed by atoms with van der Waals surface area (Å²) in [6.07, 6.45) is 2.24. The molecule has 0 aromatic heterocycles. The minimum atomic E-state index is -0.452. The molecule has 0 aromatic rings. The Bertz CT molecular complexity index is 256. The second-order valence-corrected chi connectivity index (χ2v) is 3.21. The Labute approximate surface area is 90.9 Å². The first-order chi connectivity index (χ1) is 7.15. The zero-order valence-corrected chi connectivity index (χ0v) is 9.38. The molecule has 0 saturated carbocycles. The third-order valence-electron chi connectivity index (χ3n) is 1.78. The van der Waals surface area contributed by atoms with Crippen LogP contribution in [0.3, 0.4) is 0 Å². The SMILES string of the molecule is C=C(C#N)C(=O)NC(CCC)OCCC. The van der Waals surface area contributed by atoms with E-state index in [9.17, 15) is 4.79 Å². The first-order valence-corrected chi connectivity index (χ1v) is 5.17. The smallest absolute Gasteiger partial charge is 0.263 e. The van der Waals surface area contributed by atoms with Crippen LogP contribution in [0, 0.1) is 11.3 Å². The molecule has 0 aliphatic heterocycles. The summed E-state index contributed by atoms with van der Waals surface area (Å²) in [4.78, 5) is 11.3. The lowest BCUT2D eigenvalue weighted by molar-refractivity contribution is -0.121. The third kappa shape index (κ3) is 5.87. The van der Waals surface area contributed by atoms with Gasteiger partial charge in [-0.2, -0.15) is 5.26 Å². The summed E-state index contributed by atoms with van der Waals surface area (Å²) in [5, 5.41) is 11.1. The number of hydrogen-bond acceptors (Lipinski definition) is 3. The number of carbonyl (C=O) groups is 1. The van der Waals surface area contributed by atoms with Crippen molar-refractivity contribution in [2.75, 3.05) is 6.61 Å². The molecule has 84 valence electrons. The van der Waals surface area contributed by atoms with Crippen LogP contribution in [0.4, 0.5) is 0 Å². The lowest BCUT2D eigenvalue weighted by Crippen LogP contribution is -2.37. The standard InChI is InChI=1S/C11H18N2O2/c1-4-6-10(15-7-5-2)13-11(14)9(3)8-12/h10H,3-7H2,1-2H3,(H,13,14). The Kier molecular flexibility index (Phi) is 7.29. The van der Waals surface area contributed by atoms with Crippen molar-refractivity contribution >= 4 is 5.91 Å². The molecule has 15 heavy (non-hydrogen) atoms. The van der Waals surface area contributed by atoms with Gasteiger partial charge in [0.2, 0.25) is 0 Å². The molecule has 1 atom stereocenters. The van der Waals surface area contributed by atoms with E-state index in [1.54, 1.807) is 6.07 Å². The molecule has 0 aliphatic rings. The van der Waals surface area contributed by atoms with Gasteiger partial charge in [-0.15, -0.1) is 0 Å². The average molecular weight is 210 g/mol. The minimum absolute atomic E-state index is 0.0869. The predicted molar refractivity (Wildman–Crippen MR) is 57.8 cm³/mol. The summed E-state index contributed by atoms with van der Waals surface area (Å²) in [5.41, 5.74) is -0.0869. The largest absolute Gasteiger partial charge is 0.359 e. The van der Waals surface area contributed by atoms with Gasteiger partial charge in [-0.1, -0.05) is 26.8 Å². The van der Waals surface area contributed by atoms with Crippen LogP contribution in [0.1, 0.15) is 33.1 Å². The summed E-state index contributed by atoms with van der Waals surface area (Å²) >= 11 is 0. The van der Waals surface area contributed by atoms with Crippen LogP contribution < -0.4 is 5.32 Å². The van der Waals surface area contributed by atoms with Crippen LogP contribution in [-0.2, 0) is 9.53 Å². The second kappa shape index (κ2) is 8.01. The normalized spacial score (nSPS) is 11.5. The maximum atomic E-state index is 11.3. The number of nitrogens with zero attached hydrogens (tertiary/aromatic N) is 1. The van der Waals surface area contributed by atoms with Crippen LogP contribution in [0.15, 0.2) is 12.2 Å². The van der Waals surface area contributed by atoms with E-state index in [2.05, 4.69) is 11.9 Å². The van der Waals surface area contributed by atoms with Crippen LogP contribution in [0.2, 0.25) is 0 Å². The molecule has 1 amide bonds. The molecule has 0 rings (SSSR count). The van der Waals surface area contributed by atoms with Gasteiger partial charge in [0.15, 0.2) is 0 Å². The lowest BCUT2D eigenvalue weighted by Gasteiger charge is -2.17. The van der Waals surface area contributed by atoms with Crippen molar-refractivity contribution in [3.8, 4) is 6.07 Å². The molecule has 4 heteroatoms. The molecule has 4 nitrogen and oxygen atoms in total. The quantitative estimate of drug-likeness (QED) is 0.395. The molecule has 0 aromatic carbocycles. The number of ether oxygens (including phenoxy) is 1. The minimum Gasteiger partial charge on any atom is -0.359 e. The van der Waals surface area contributed by atoms with E-state index in [1.165, 1.54) is 0 Å². The van der Waals surface area contributed by atoms with Crippen LogP contribution >= 0.6 is 0 Å². The molecule has 0 saturated heterocycles. The highest BCUT2D eigenvalue weighted by Crippen LogP contribution is 2.01. The fourth-order valence-corrected chi connectivity index (χ4v) is 1.00. The molecule has 0 radical (unpaired) electrons. The van der Waals surface area contributed by atoms with E-state index in [-0.39, 0.29) is 11.8 Å². The molecule has 0 aliphatic carbocycles. The number of nitriles is 1. The van der Waals surface area contributed by atoms with E-state index in [0.29, 0.717) is 6.61 Å².